The van der Waals surface area contributed by atoms with Crippen LogP contribution in [-0.2, 0) is 11.3 Å². The maximum Gasteiger partial charge on any atom is 0.258 e. The number of carbonyl (C=O) groups is 1. The summed E-state index contributed by atoms with van der Waals surface area (Å²) in [5, 5.41) is 3.93. The van der Waals surface area contributed by atoms with Crippen molar-refractivity contribution in [2.24, 2.45) is 0 Å². The number of hydrogen-bond donors (Lipinski definition) is 1. The number of anilines is 1. The van der Waals surface area contributed by atoms with Crippen LogP contribution in [0, 0.1) is 6.92 Å². The van der Waals surface area contributed by atoms with E-state index in [4.69, 9.17) is 9.72 Å². The van der Waals surface area contributed by atoms with Crippen molar-refractivity contribution in [2.75, 3.05) is 18.1 Å². The minimum atomic E-state index is -0.145. The Morgan fingerprint density at radius 2 is 1.97 bits per heavy atom. The van der Waals surface area contributed by atoms with Gasteiger partial charge in [0.25, 0.3) is 5.91 Å². The molecule has 1 aliphatic heterocycles. The molecule has 2 heterocycles. The molecular formula is C25H29N3O2. The second-order valence-electron chi connectivity index (χ2n) is 8.09. The van der Waals surface area contributed by atoms with Gasteiger partial charge in [0.1, 0.15) is 17.1 Å². The average Bonchev–Trinajstić information content (AvgIpc) is 2.77. The van der Waals surface area contributed by atoms with E-state index in [0.29, 0.717) is 18.3 Å². The quantitative estimate of drug-likeness (QED) is 0.653. The van der Waals surface area contributed by atoms with Gasteiger partial charge in [0, 0.05) is 24.5 Å². The van der Waals surface area contributed by atoms with Crippen LogP contribution in [-0.4, -0.2) is 30.1 Å². The maximum atomic E-state index is 12.3. The summed E-state index contributed by atoms with van der Waals surface area (Å²) in [5.74, 6) is 1.48. The molecule has 1 aromatic heterocycles. The normalized spacial score (nSPS) is 16.5. The summed E-state index contributed by atoms with van der Waals surface area (Å²) in [5.41, 5.74) is 3.08. The maximum absolute atomic E-state index is 12.3. The van der Waals surface area contributed by atoms with Crippen LogP contribution in [0.4, 0.5) is 5.82 Å². The van der Waals surface area contributed by atoms with Crippen LogP contribution in [0.15, 0.2) is 54.6 Å². The van der Waals surface area contributed by atoms with Gasteiger partial charge in [-0.05, 0) is 56.9 Å². The number of ether oxygens (including phenoxy) is 1. The highest BCUT2D eigenvalue weighted by Crippen LogP contribution is 2.29. The Balaban J connectivity index is 1.43. The molecule has 1 fully saturated rings. The molecule has 156 valence electrons. The van der Waals surface area contributed by atoms with E-state index in [9.17, 15) is 4.79 Å². The summed E-state index contributed by atoms with van der Waals surface area (Å²) in [7, 11) is 0. The van der Waals surface area contributed by atoms with Gasteiger partial charge in [0.2, 0.25) is 0 Å². The fraction of sp³-hybridized carbons (Fsp3) is 0.360. The van der Waals surface area contributed by atoms with Gasteiger partial charge in [-0.3, -0.25) is 4.79 Å². The van der Waals surface area contributed by atoms with Crippen LogP contribution in [0.25, 0.3) is 10.9 Å². The number of piperidine rings is 1. The summed E-state index contributed by atoms with van der Waals surface area (Å²) in [6.45, 7) is 5.80. The second-order valence-corrected chi connectivity index (χ2v) is 8.09. The van der Waals surface area contributed by atoms with Crippen molar-refractivity contribution in [2.45, 2.75) is 45.7 Å². The van der Waals surface area contributed by atoms with Crippen molar-refractivity contribution < 1.29 is 9.53 Å². The minimum Gasteiger partial charge on any atom is -0.481 e. The number of para-hydroxylation sites is 1. The highest BCUT2D eigenvalue weighted by atomic mass is 16.5. The molecule has 3 aromatic rings. The summed E-state index contributed by atoms with van der Waals surface area (Å²) < 4.78 is 5.86. The number of fused-ring (bicyclic) bond motifs is 1. The van der Waals surface area contributed by atoms with E-state index in [1.807, 2.05) is 49.4 Å². The van der Waals surface area contributed by atoms with Crippen LogP contribution >= 0.6 is 0 Å². The monoisotopic (exact) mass is 403 g/mol. The van der Waals surface area contributed by atoms with Gasteiger partial charge in [-0.2, -0.15) is 0 Å². The molecule has 5 heteroatoms. The van der Waals surface area contributed by atoms with Crippen molar-refractivity contribution in [3.05, 3.63) is 65.7 Å². The number of pyridine rings is 1. The number of carbonyl (C=O) groups excluding carboxylic acids is 1. The Morgan fingerprint density at radius 3 is 2.77 bits per heavy atom. The molecule has 1 aliphatic rings. The number of benzene rings is 2. The van der Waals surface area contributed by atoms with E-state index in [2.05, 4.69) is 29.3 Å². The molecular weight excluding hydrogens is 374 g/mol. The molecule has 1 atom stereocenters. The molecule has 0 bridgehead atoms. The first-order valence-corrected chi connectivity index (χ1v) is 10.7. The lowest BCUT2D eigenvalue weighted by atomic mass is 10.0. The van der Waals surface area contributed by atoms with E-state index in [1.54, 1.807) is 0 Å². The number of amides is 1. The molecule has 0 radical (unpaired) electrons. The zero-order valence-corrected chi connectivity index (χ0v) is 17.7. The lowest BCUT2D eigenvalue weighted by Gasteiger charge is -2.34. The third-order valence-electron chi connectivity index (χ3n) is 5.73. The molecule has 4 rings (SSSR count). The van der Waals surface area contributed by atoms with E-state index >= 15 is 0 Å². The van der Waals surface area contributed by atoms with Gasteiger partial charge in [-0.25, -0.2) is 4.98 Å². The largest absolute Gasteiger partial charge is 0.481 e. The first-order chi connectivity index (χ1) is 14.6. The number of aromatic nitrogens is 1. The van der Waals surface area contributed by atoms with Crippen LogP contribution in [0.1, 0.15) is 37.3 Å². The fourth-order valence-electron chi connectivity index (χ4n) is 3.93. The van der Waals surface area contributed by atoms with Crippen LogP contribution in [0.2, 0.25) is 0 Å². The van der Waals surface area contributed by atoms with E-state index < -0.39 is 0 Å². The van der Waals surface area contributed by atoms with E-state index in [-0.39, 0.29) is 12.5 Å². The number of hydrogen-bond acceptors (Lipinski definition) is 4. The highest BCUT2D eigenvalue weighted by molar-refractivity contribution is 5.86. The molecule has 5 nitrogen and oxygen atoms in total. The Bertz CT molecular complexity index is 1020. The predicted octanol–water partition coefficient (Wildman–Crippen LogP) is 4.62. The Kier molecular flexibility index (Phi) is 6.17. The third kappa shape index (κ3) is 4.73. The summed E-state index contributed by atoms with van der Waals surface area (Å²) in [4.78, 5) is 19.6. The minimum absolute atomic E-state index is 0.0308. The third-order valence-corrected chi connectivity index (χ3v) is 5.73. The average molecular weight is 404 g/mol. The van der Waals surface area contributed by atoms with E-state index in [0.717, 1.165) is 28.8 Å². The second kappa shape index (κ2) is 9.16. The smallest absolute Gasteiger partial charge is 0.258 e. The Labute approximate surface area is 178 Å². The lowest BCUT2D eigenvalue weighted by Crippen LogP contribution is -2.37. The standard InChI is InChI=1S/C25H29N3O2/c1-18-9-11-20(12-10-18)16-26-24(29)17-30-22-8-5-7-21-13-14-23(27-25(21)22)28-15-4-3-6-19(28)2/h5,7-14,19H,3-4,6,15-17H2,1-2H3,(H,26,29). The van der Waals surface area contributed by atoms with Crippen molar-refractivity contribution in [3.8, 4) is 5.75 Å². The molecule has 1 N–H and O–H groups in total. The van der Waals surface area contributed by atoms with Gasteiger partial charge in [0.05, 0.1) is 0 Å². The Hall–Kier alpha value is -3.08. The molecule has 0 spiro atoms. The van der Waals surface area contributed by atoms with Crippen LogP contribution in [0.3, 0.4) is 0 Å². The van der Waals surface area contributed by atoms with Crippen molar-refractivity contribution in [3.63, 3.8) is 0 Å². The van der Waals surface area contributed by atoms with Crippen molar-refractivity contribution in [1.82, 2.24) is 10.3 Å². The van der Waals surface area contributed by atoms with Gasteiger partial charge in [-0.1, -0.05) is 42.0 Å². The molecule has 1 saturated heterocycles. The summed E-state index contributed by atoms with van der Waals surface area (Å²) in [6.07, 6.45) is 3.67. The molecule has 1 unspecified atom stereocenters. The first-order valence-electron chi connectivity index (χ1n) is 10.7. The zero-order valence-electron chi connectivity index (χ0n) is 17.7. The zero-order chi connectivity index (χ0) is 20.9. The Morgan fingerprint density at radius 1 is 1.13 bits per heavy atom. The van der Waals surface area contributed by atoms with Crippen LogP contribution < -0.4 is 15.0 Å². The molecule has 0 aliphatic carbocycles. The topological polar surface area (TPSA) is 54.5 Å². The van der Waals surface area contributed by atoms with Crippen molar-refractivity contribution in [1.29, 1.82) is 0 Å². The number of nitrogens with zero attached hydrogens (tertiary/aromatic N) is 2. The van der Waals surface area contributed by atoms with Gasteiger partial charge in [0.15, 0.2) is 6.61 Å². The molecule has 2 aromatic carbocycles. The summed E-state index contributed by atoms with van der Waals surface area (Å²) >= 11 is 0. The molecule has 0 saturated carbocycles. The number of rotatable bonds is 6. The number of nitrogens with one attached hydrogen (secondary N) is 1. The number of aryl methyl sites for hydroxylation is 1. The molecule has 1 amide bonds. The predicted molar refractivity (Wildman–Crippen MR) is 121 cm³/mol. The van der Waals surface area contributed by atoms with E-state index in [1.165, 1.54) is 24.8 Å². The van der Waals surface area contributed by atoms with Gasteiger partial charge in [-0.15, -0.1) is 0 Å². The summed E-state index contributed by atoms with van der Waals surface area (Å²) in [6, 6.07) is 18.6. The van der Waals surface area contributed by atoms with Gasteiger partial charge < -0.3 is 15.0 Å². The molecule has 30 heavy (non-hydrogen) atoms. The van der Waals surface area contributed by atoms with Crippen LogP contribution in [0.5, 0.6) is 5.75 Å². The lowest BCUT2D eigenvalue weighted by molar-refractivity contribution is -0.123. The highest BCUT2D eigenvalue weighted by Gasteiger charge is 2.20. The SMILES string of the molecule is Cc1ccc(CNC(=O)COc2cccc3ccc(N4CCCCC4C)nc23)cc1. The van der Waals surface area contributed by atoms with Crippen molar-refractivity contribution >= 4 is 22.6 Å². The fourth-order valence-corrected chi connectivity index (χ4v) is 3.93. The van der Waals surface area contributed by atoms with Gasteiger partial charge >= 0.3 is 0 Å². The first kappa shape index (κ1) is 20.2.